The summed E-state index contributed by atoms with van der Waals surface area (Å²) >= 11 is 0. The Hall–Kier alpha value is -1.35. The monoisotopic (exact) mass is 262 g/mol. The fourth-order valence-electron chi connectivity index (χ4n) is 1.79. The number of nitrogens with two attached hydrogens (primary N) is 1. The van der Waals surface area contributed by atoms with E-state index in [0.717, 1.165) is 0 Å². The molecule has 1 rings (SSSR count). The van der Waals surface area contributed by atoms with Gasteiger partial charge < -0.3 is 11.1 Å². The van der Waals surface area contributed by atoms with Crippen LogP contribution < -0.4 is 11.1 Å². The van der Waals surface area contributed by atoms with Crippen LogP contribution in [0.4, 0.5) is 0 Å². The smallest absolute Gasteiger partial charge is 0.224 e. The highest BCUT2D eigenvalue weighted by atomic mass is 16.1. The van der Waals surface area contributed by atoms with E-state index in [1.807, 2.05) is 6.92 Å². The van der Waals surface area contributed by atoms with E-state index in [4.69, 9.17) is 5.73 Å². The molecular formula is C16H26N2O. The highest BCUT2D eigenvalue weighted by Crippen LogP contribution is 2.24. The zero-order valence-electron chi connectivity index (χ0n) is 12.7. The molecule has 3 nitrogen and oxygen atoms in total. The van der Waals surface area contributed by atoms with Gasteiger partial charge in [0.1, 0.15) is 0 Å². The molecule has 0 radical (unpaired) electrons. The number of amides is 1. The molecule has 0 saturated carbocycles. The third kappa shape index (κ3) is 4.35. The first-order valence-electron chi connectivity index (χ1n) is 6.83. The summed E-state index contributed by atoms with van der Waals surface area (Å²) in [5, 5.41) is 2.95. The van der Waals surface area contributed by atoms with E-state index < -0.39 is 0 Å². The van der Waals surface area contributed by atoms with Crippen LogP contribution in [0, 0.1) is 12.8 Å². The number of hydrogen-bond acceptors (Lipinski definition) is 2. The first-order chi connectivity index (χ1) is 8.75. The third-order valence-electron chi connectivity index (χ3n) is 3.47. The van der Waals surface area contributed by atoms with Crippen LogP contribution in [0.25, 0.3) is 0 Å². The van der Waals surface area contributed by atoms with E-state index in [-0.39, 0.29) is 17.2 Å². The van der Waals surface area contributed by atoms with Crippen molar-refractivity contribution in [1.82, 2.24) is 5.32 Å². The molecule has 1 amide bonds. The van der Waals surface area contributed by atoms with E-state index in [0.29, 0.717) is 13.1 Å². The first-order valence-corrected chi connectivity index (χ1v) is 6.83. The van der Waals surface area contributed by atoms with Gasteiger partial charge in [-0.3, -0.25) is 4.79 Å². The van der Waals surface area contributed by atoms with Crippen LogP contribution in [0.3, 0.4) is 0 Å². The quantitative estimate of drug-likeness (QED) is 0.876. The minimum Gasteiger partial charge on any atom is -0.352 e. The van der Waals surface area contributed by atoms with Gasteiger partial charge in [-0.2, -0.15) is 0 Å². The average Bonchev–Trinajstić information content (AvgIpc) is 2.35. The summed E-state index contributed by atoms with van der Waals surface area (Å²) in [7, 11) is 0. The van der Waals surface area contributed by atoms with E-state index in [1.165, 1.54) is 16.7 Å². The number of benzene rings is 1. The number of carbonyl (C=O) groups excluding carboxylic acids is 1. The van der Waals surface area contributed by atoms with Crippen molar-refractivity contribution >= 4 is 5.91 Å². The summed E-state index contributed by atoms with van der Waals surface area (Å²) in [5.41, 5.74) is 9.27. The fourth-order valence-corrected chi connectivity index (χ4v) is 1.79. The lowest BCUT2D eigenvalue weighted by atomic mass is 9.85. The maximum atomic E-state index is 11.7. The second kappa shape index (κ2) is 6.20. The zero-order chi connectivity index (χ0) is 14.6. The van der Waals surface area contributed by atoms with Gasteiger partial charge in [0.25, 0.3) is 0 Å². The Morgan fingerprint density at radius 2 is 2.00 bits per heavy atom. The molecule has 106 valence electrons. The Labute approximate surface area is 116 Å². The van der Waals surface area contributed by atoms with Gasteiger partial charge in [0, 0.05) is 19.0 Å². The van der Waals surface area contributed by atoms with Gasteiger partial charge in [0.2, 0.25) is 5.91 Å². The number of carbonyl (C=O) groups is 1. The Balaban J connectivity index is 2.81. The van der Waals surface area contributed by atoms with Gasteiger partial charge in [-0.1, -0.05) is 45.9 Å². The van der Waals surface area contributed by atoms with Crippen molar-refractivity contribution in [3.63, 3.8) is 0 Å². The maximum Gasteiger partial charge on any atom is 0.224 e. The molecule has 0 saturated heterocycles. The molecule has 3 N–H and O–H groups in total. The van der Waals surface area contributed by atoms with E-state index >= 15 is 0 Å². The van der Waals surface area contributed by atoms with Crippen LogP contribution >= 0.6 is 0 Å². The molecule has 0 heterocycles. The summed E-state index contributed by atoms with van der Waals surface area (Å²) in [6, 6.07) is 6.46. The second-order valence-corrected chi connectivity index (χ2v) is 6.25. The molecule has 1 unspecified atom stereocenters. The molecule has 1 atom stereocenters. The molecule has 0 fully saturated rings. The highest BCUT2D eigenvalue weighted by molar-refractivity contribution is 5.78. The van der Waals surface area contributed by atoms with E-state index in [9.17, 15) is 4.79 Å². The molecule has 0 aromatic heterocycles. The molecule has 0 aliphatic heterocycles. The van der Waals surface area contributed by atoms with Gasteiger partial charge >= 0.3 is 0 Å². The van der Waals surface area contributed by atoms with Crippen molar-refractivity contribution in [2.75, 3.05) is 6.54 Å². The SMILES string of the molecule is Cc1ccc(C(C)(C)C)cc1CNC(=O)C(C)CN. The lowest BCUT2D eigenvalue weighted by Gasteiger charge is -2.21. The summed E-state index contributed by atoms with van der Waals surface area (Å²) in [5.74, 6) is -0.117. The van der Waals surface area contributed by atoms with Crippen molar-refractivity contribution < 1.29 is 4.79 Å². The number of hydrogen-bond donors (Lipinski definition) is 2. The number of nitrogens with one attached hydrogen (secondary N) is 1. The van der Waals surface area contributed by atoms with E-state index in [1.54, 1.807) is 0 Å². The molecule has 0 aliphatic carbocycles. The Kier molecular flexibility index (Phi) is 5.12. The van der Waals surface area contributed by atoms with Crippen molar-refractivity contribution in [3.8, 4) is 0 Å². The third-order valence-corrected chi connectivity index (χ3v) is 3.47. The lowest BCUT2D eigenvalue weighted by molar-refractivity contribution is -0.124. The lowest BCUT2D eigenvalue weighted by Crippen LogP contribution is -2.33. The molecular weight excluding hydrogens is 236 g/mol. The normalized spacial score (nSPS) is 13.2. The predicted molar refractivity (Wildman–Crippen MR) is 79.9 cm³/mol. The Morgan fingerprint density at radius 1 is 1.37 bits per heavy atom. The molecule has 0 aliphatic rings. The molecule has 0 spiro atoms. The minimum absolute atomic E-state index is 0.0167. The topological polar surface area (TPSA) is 55.1 Å². The van der Waals surface area contributed by atoms with Crippen LogP contribution in [-0.2, 0) is 16.8 Å². The predicted octanol–water partition coefficient (Wildman–Crippen LogP) is 2.50. The van der Waals surface area contributed by atoms with Crippen LogP contribution in [0.5, 0.6) is 0 Å². The van der Waals surface area contributed by atoms with Gasteiger partial charge in [-0.15, -0.1) is 0 Å². The molecule has 3 heteroatoms. The Morgan fingerprint density at radius 3 is 2.53 bits per heavy atom. The molecule has 1 aromatic rings. The molecule has 1 aromatic carbocycles. The minimum atomic E-state index is -0.133. The summed E-state index contributed by atoms with van der Waals surface area (Å²) in [4.78, 5) is 11.7. The largest absolute Gasteiger partial charge is 0.352 e. The van der Waals surface area contributed by atoms with Gasteiger partial charge in [0.05, 0.1) is 0 Å². The Bertz CT molecular complexity index is 447. The summed E-state index contributed by atoms with van der Waals surface area (Å²) in [6.07, 6.45) is 0. The van der Waals surface area contributed by atoms with Crippen LogP contribution in [0.15, 0.2) is 18.2 Å². The van der Waals surface area contributed by atoms with Crippen molar-refractivity contribution in [3.05, 3.63) is 34.9 Å². The summed E-state index contributed by atoms with van der Waals surface area (Å²) < 4.78 is 0. The number of aryl methyl sites for hydroxylation is 1. The van der Waals surface area contributed by atoms with Gasteiger partial charge in [-0.25, -0.2) is 0 Å². The molecule has 0 bridgehead atoms. The van der Waals surface area contributed by atoms with Gasteiger partial charge in [-0.05, 0) is 29.0 Å². The molecule has 19 heavy (non-hydrogen) atoms. The van der Waals surface area contributed by atoms with Crippen LogP contribution in [-0.4, -0.2) is 12.5 Å². The van der Waals surface area contributed by atoms with Crippen molar-refractivity contribution in [1.29, 1.82) is 0 Å². The zero-order valence-corrected chi connectivity index (χ0v) is 12.7. The average molecular weight is 262 g/mol. The number of rotatable bonds is 4. The van der Waals surface area contributed by atoms with Crippen LogP contribution in [0.2, 0.25) is 0 Å². The maximum absolute atomic E-state index is 11.7. The highest BCUT2D eigenvalue weighted by Gasteiger charge is 2.15. The standard InChI is InChI=1S/C16H26N2O/c1-11-6-7-14(16(3,4)5)8-13(11)10-18-15(19)12(2)9-17/h6-8,12H,9-10,17H2,1-5H3,(H,18,19). The summed E-state index contributed by atoms with van der Waals surface area (Å²) in [6.45, 7) is 11.4. The van der Waals surface area contributed by atoms with Gasteiger partial charge in [0.15, 0.2) is 0 Å². The van der Waals surface area contributed by atoms with Crippen LogP contribution in [0.1, 0.15) is 44.4 Å². The van der Waals surface area contributed by atoms with Crippen molar-refractivity contribution in [2.45, 2.75) is 46.6 Å². The van der Waals surface area contributed by atoms with E-state index in [2.05, 4.69) is 51.2 Å². The van der Waals surface area contributed by atoms with Crippen molar-refractivity contribution in [2.24, 2.45) is 11.7 Å². The second-order valence-electron chi connectivity index (χ2n) is 6.25. The fraction of sp³-hybridized carbons (Fsp3) is 0.562. The first kappa shape index (κ1) is 15.7.